The van der Waals surface area contributed by atoms with Crippen LogP contribution in [-0.4, -0.2) is 0 Å². The molecule has 0 saturated heterocycles. The summed E-state index contributed by atoms with van der Waals surface area (Å²) in [5.74, 6) is 0.923. The van der Waals surface area contributed by atoms with Gasteiger partial charge >= 0.3 is 0 Å². The van der Waals surface area contributed by atoms with Crippen LogP contribution in [0.15, 0.2) is 83.3 Å². The summed E-state index contributed by atoms with van der Waals surface area (Å²) < 4.78 is 5.89. The van der Waals surface area contributed by atoms with Crippen molar-refractivity contribution in [3.05, 3.63) is 90.2 Å². The minimum absolute atomic E-state index is 0.917. The zero-order chi connectivity index (χ0) is 17.9. The van der Waals surface area contributed by atoms with E-state index in [2.05, 4.69) is 72.9 Å². The van der Waals surface area contributed by atoms with Crippen LogP contribution in [0.1, 0.15) is 18.2 Å². The van der Waals surface area contributed by atoms with E-state index in [4.69, 9.17) is 4.42 Å². The number of allylic oxidation sites excluding steroid dienone is 1. The van der Waals surface area contributed by atoms with E-state index in [-0.39, 0.29) is 0 Å². The van der Waals surface area contributed by atoms with Crippen LogP contribution in [0.25, 0.3) is 28.2 Å². The zero-order valence-electron chi connectivity index (χ0n) is 15.0. The highest BCUT2D eigenvalue weighted by Crippen LogP contribution is 2.30. The van der Waals surface area contributed by atoms with Crippen LogP contribution in [0, 0.1) is 6.92 Å². The molecule has 2 heteroatoms. The summed E-state index contributed by atoms with van der Waals surface area (Å²) in [6.07, 6.45) is 4.00. The Morgan fingerprint density at radius 3 is 2.23 bits per heavy atom. The van der Waals surface area contributed by atoms with Gasteiger partial charge in [0.2, 0.25) is 0 Å². The van der Waals surface area contributed by atoms with E-state index in [1.54, 1.807) is 0 Å². The van der Waals surface area contributed by atoms with Gasteiger partial charge in [-0.15, -0.1) is 0 Å². The van der Waals surface area contributed by atoms with Crippen LogP contribution >= 0.6 is 0 Å². The number of fused-ring (bicyclic) bond motifs is 1. The van der Waals surface area contributed by atoms with Crippen LogP contribution in [0.5, 0.6) is 0 Å². The highest BCUT2D eigenvalue weighted by atomic mass is 16.3. The normalized spacial score (nSPS) is 11.3. The van der Waals surface area contributed by atoms with Crippen molar-refractivity contribution in [2.24, 2.45) is 0 Å². The maximum absolute atomic E-state index is 5.89. The monoisotopic (exact) mass is 339 g/mol. The second-order valence-corrected chi connectivity index (χ2v) is 6.37. The Morgan fingerprint density at radius 1 is 0.808 bits per heavy atom. The van der Waals surface area contributed by atoms with Crippen LogP contribution < -0.4 is 5.32 Å². The first-order valence-corrected chi connectivity index (χ1v) is 8.83. The van der Waals surface area contributed by atoms with Gasteiger partial charge in [0.05, 0.1) is 0 Å². The molecule has 1 N–H and O–H groups in total. The average molecular weight is 339 g/mol. The van der Waals surface area contributed by atoms with E-state index in [0.29, 0.717) is 0 Å². The molecule has 0 saturated carbocycles. The Morgan fingerprint density at radius 2 is 1.50 bits per heavy atom. The number of nitrogens with one attached hydrogen (secondary N) is 1. The number of furan rings is 1. The van der Waals surface area contributed by atoms with Crippen LogP contribution in [0.3, 0.4) is 0 Å². The third-order valence-corrected chi connectivity index (χ3v) is 4.57. The molecule has 1 heterocycles. The predicted molar refractivity (Wildman–Crippen MR) is 111 cm³/mol. The van der Waals surface area contributed by atoms with Gasteiger partial charge in [0.25, 0.3) is 0 Å². The second kappa shape index (κ2) is 6.93. The Bertz CT molecular complexity index is 1060. The Balaban J connectivity index is 1.60. The van der Waals surface area contributed by atoms with Gasteiger partial charge < -0.3 is 9.73 Å². The maximum Gasteiger partial charge on any atom is 0.135 e. The van der Waals surface area contributed by atoms with E-state index >= 15 is 0 Å². The summed E-state index contributed by atoms with van der Waals surface area (Å²) >= 11 is 0. The molecule has 0 amide bonds. The molecular weight excluding hydrogens is 318 g/mol. The van der Waals surface area contributed by atoms with E-state index < -0.39 is 0 Å². The van der Waals surface area contributed by atoms with Crippen LogP contribution in [0.2, 0.25) is 0 Å². The van der Waals surface area contributed by atoms with Crippen molar-refractivity contribution in [3.8, 4) is 11.1 Å². The fraction of sp³-hybridized carbons (Fsp3) is 0.0833. The standard InChI is InChI=1S/C24H21NO/c1-3-7-23-17(2)22-16-21(14-15-24(22)26-23)25-20-12-10-19(11-13-20)18-8-5-4-6-9-18/h3-16,25H,1-2H3/b7-3-. The molecule has 26 heavy (non-hydrogen) atoms. The van der Waals surface area contributed by atoms with E-state index in [1.165, 1.54) is 16.7 Å². The highest BCUT2D eigenvalue weighted by Gasteiger charge is 2.09. The number of hydrogen-bond acceptors (Lipinski definition) is 2. The molecule has 0 aliphatic rings. The number of rotatable bonds is 4. The SMILES string of the molecule is C/C=C\c1oc2ccc(Nc3ccc(-c4ccccc4)cc3)cc2c1C. The minimum Gasteiger partial charge on any atom is -0.456 e. The molecule has 4 rings (SSSR count). The second-order valence-electron chi connectivity index (χ2n) is 6.37. The number of aryl methyl sites for hydroxylation is 1. The molecule has 0 spiro atoms. The lowest BCUT2D eigenvalue weighted by Crippen LogP contribution is -1.90. The number of benzene rings is 3. The molecule has 0 bridgehead atoms. The fourth-order valence-electron chi connectivity index (χ4n) is 3.17. The summed E-state index contributed by atoms with van der Waals surface area (Å²) in [7, 11) is 0. The molecule has 0 atom stereocenters. The van der Waals surface area contributed by atoms with Crippen molar-refractivity contribution in [1.29, 1.82) is 0 Å². The van der Waals surface area contributed by atoms with Crippen LogP contribution in [-0.2, 0) is 0 Å². The summed E-state index contributed by atoms with van der Waals surface area (Å²) in [6, 6.07) is 25.1. The quantitative estimate of drug-likeness (QED) is 0.426. The maximum atomic E-state index is 5.89. The lowest BCUT2D eigenvalue weighted by molar-refractivity contribution is 0.601. The summed E-state index contributed by atoms with van der Waals surface area (Å²) in [5.41, 5.74) is 6.65. The van der Waals surface area contributed by atoms with Crippen molar-refractivity contribution in [2.75, 3.05) is 5.32 Å². The van der Waals surface area contributed by atoms with Crippen molar-refractivity contribution < 1.29 is 4.42 Å². The Labute approximate surface area is 153 Å². The molecule has 2 nitrogen and oxygen atoms in total. The molecule has 128 valence electrons. The molecular formula is C24H21NO. The molecule has 0 fully saturated rings. The van der Waals surface area contributed by atoms with Gasteiger partial charge in [0.15, 0.2) is 0 Å². The first kappa shape index (κ1) is 16.2. The van der Waals surface area contributed by atoms with E-state index in [0.717, 1.165) is 28.1 Å². The lowest BCUT2D eigenvalue weighted by Gasteiger charge is -2.08. The van der Waals surface area contributed by atoms with Gasteiger partial charge in [0, 0.05) is 22.3 Å². The fourth-order valence-corrected chi connectivity index (χ4v) is 3.17. The molecule has 4 aromatic rings. The molecule has 1 aromatic heterocycles. The predicted octanol–water partition coefficient (Wildman–Crippen LogP) is 7.18. The average Bonchev–Trinajstić information content (AvgIpc) is 2.99. The van der Waals surface area contributed by atoms with Gasteiger partial charge in [-0.05, 0) is 61.4 Å². The third-order valence-electron chi connectivity index (χ3n) is 4.57. The van der Waals surface area contributed by atoms with Crippen LogP contribution in [0.4, 0.5) is 11.4 Å². The Hall–Kier alpha value is -3.26. The first-order chi connectivity index (χ1) is 12.7. The first-order valence-electron chi connectivity index (χ1n) is 8.83. The largest absolute Gasteiger partial charge is 0.456 e. The smallest absolute Gasteiger partial charge is 0.135 e. The minimum atomic E-state index is 0.917. The van der Waals surface area contributed by atoms with Crippen molar-refractivity contribution in [2.45, 2.75) is 13.8 Å². The summed E-state index contributed by atoms with van der Waals surface area (Å²) in [6.45, 7) is 4.10. The summed E-state index contributed by atoms with van der Waals surface area (Å²) in [4.78, 5) is 0. The topological polar surface area (TPSA) is 25.2 Å². The summed E-state index contributed by atoms with van der Waals surface area (Å²) in [5, 5.41) is 4.63. The van der Waals surface area contributed by atoms with E-state index in [9.17, 15) is 0 Å². The van der Waals surface area contributed by atoms with Gasteiger partial charge in [-0.25, -0.2) is 0 Å². The van der Waals surface area contributed by atoms with Crippen molar-refractivity contribution in [1.82, 2.24) is 0 Å². The van der Waals surface area contributed by atoms with Gasteiger partial charge in [-0.2, -0.15) is 0 Å². The van der Waals surface area contributed by atoms with Crippen molar-refractivity contribution in [3.63, 3.8) is 0 Å². The molecule has 3 aromatic carbocycles. The molecule has 0 aliphatic heterocycles. The van der Waals surface area contributed by atoms with E-state index in [1.807, 2.05) is 31.2 Å². The zero-order valence-corrected chi connectivity index (χ0v) is 15.0. The molecule has 0 unspecified atom stereocenters. The number of hydrogen-bond donors (Lipinski definition) is 1. The molecule has 0 aliphatic carbocycles. The van der Waals surface area contributed by atoms with Gasteiger partial charge in [-0.1, -0.05) is 48.5 Å². The lowest BCUT2D eigenvalue weighted by atomic mass is 10.1. The molecule has 0 radical (unpaired) electrons. The van der Waals surface area contributed by atoms with Crippen molar-refractivity contribution >= 4 is 28.4 Å². The van der Waals surface area contributed by atoms with Gasteiger partial charge in [-0.3, -0.25) is 0 Å². The Kier molecular flexibility index (Phi) is 4.32. The highest BCUT2D eigenvalue weighted by molar-refractivity contribution is 5.88. The van der Waals surface area contributed by atoms with Gasteiger partial charge in [0.1, 0.15) is 11.3 Å². The third kappa shape index (κ3) is 3.14. The number of anilines is 2.